The van der Waals surface area contributed by atoms with Gasteiger partial charge in [-0.3, -0.25) is 23.7 Å². The van der Waals surface area contributed by atoms with E-state index >= 15 is 0 Å². The topological polar surface area (TPSA) is 96.2 Å². The van der Waals surface area contributed by atoms with Crippen LogP contribution in [0.4, 0.5) is 11.5 Å². The molecule has 9 heteroatoms. The Morgan fingerprint density at radius 1 is 1.03 bits per heavy atom. The Bertz CT molecular complexity index is 1250. The molecule has 1 N–H and O–H groups in total. The Labute approximate surface area is 172 Å². The minimum Gasteiger partial charge on any atom is -0.368 e. The van der Waals surface area contributed by atoms with Crippen LogP contribution in [0.25, 0.3) is 10.9 Å². The predicted octanol–water partition coefficient (Wildman–Crippen LogP) is 0.520. The fourth-order valence-corrected chi connectivity index (χ4v) is 3.97. The third-order valence-corrected chi connectivity index (χ3v) is 6.08. The quantitative estimate of drug-likeness (QED) is 0.676. The molecule has 5 rings (SSSR count). The van der Waals surface area contributed by atoms with Crippen LogP contribution in [0.3, 0.4) is 0 Å². The van der Waals surface area contributed by atoms with Crippen LogP contribution in [-0.4, -0.2) is 45.3 Å². The Morgan fingerprint density at radius 2 is 1.77 bits per heavy atom. The van der Waals surface area contributed by atoms with Crippen LogP contribution in [0.1, 0.15) is 12.8 Å². The van der Waals surface area contributed by atoms with Crippen LogP contribution in [0, 0.1) is 5.92 Å². The molecule has 0 unspecified atom stereocenters. The van der Waals surface area contributed by atoms with E-state index in [0.29, 0.717) is 35.7 Å². The summed E-state index contributed by atoms with van der Waals surface area (Å²) >= 11 is 0. The highest BCUT2D eigenvalue weighted by atomic mass is 16.2. The van der Waals surface area contributed by atoms with Gasteiger partial charge in [-0.25, -0.2) is 9.78 Å². The molecule has 1 aromatic carbocycles. The lowest BCUT2D eigenvalue weighted by Crippen LogP contribution is -2.48. The first-order valence-corrected chi connectivity index (χ1v) is 10.3. The maximum Gasteiger partial charge on any atom is 0.329 e. The van der Waals surface area contributed by atoms with Gasteiger partial charge in [0.15, 0.2) is 0 Å². The van der Waals surface area contributed by atoms with Crippen LogP contribution in [0.15, 0.2) is 45.0 Å². The number of piperazine rings is 1. The molecule has 1 aliphatic carbocycles. The van der Waals surface area contributed by atoms with Gasteiger partial charge >= 0.3 is 5.69 Å². The number of H-pyrrole nitrogens is 1. The first-order valence-electron chi connectivity index (χ1n) is 10.3. The highest BCUT2D eigenvalue weighted by Crippen LogP contribution is 2.30. The lowest BCUT2D eigenvalue weighted by Gasteiger charge is -2.37. The zero-order valence-corrected chi connectivity index (χ0v) is 16.9. The Hall–Kier alpha value is -3.36. The van der Waals surface area contributed by atoms with E-state index in [1.54, 1.807) is 10.9 Å². The fourth-order valence-electron chi connectivity index (χ4n) is 3.97. The molecule has 30 heavy (non-hydrogen) atoms. The number of anilines is 2. The third kappa shape index (κ3) is 3.40. The number of hydrogen-bond donors (Lipinski definition) is 1. The Morgan fingerprint density at radius 3 is 2.47 bits per heavy atom. The molecule has 9 nitrogen and oxygen atoms in total. The normalized spacial score (nSPS) is 17.0. The van der Waals surface area contributed by atoms with Gasteiger partial charge < -0.3 is 9.80 Å². The van der Waals surface area contributed by atoms with Crippen molar-refractivity contribution in [2.45, 2.75) is 19.4 Å². The van der Waals surface area contributed by atoms with E-state index in [0.717, 1.165) is 29.9 Å². The van der Waals surface area contributed by atoms with Gasteiger partial charge in [0.05, 0.1) is 17.2 Å². The summed E-state index contributed by atoms with van der Waals surface area (Å²) in [5, 5.41) is 0.651. The number of rotatable bonds is 4. The molecule has 1 saturated heterocycles. The van der Waals surface area contributed by atoms with Crippen LogP contribution in [0.5, 0.6) is 0 Å². The van der Waals surface area contributed by atoms with E-state index in [1.807, 2.05) is 23.1 Å². The summed E-state index contributed by atoms with van der Waals surface area (Å²) in [6.07, 6.45) is 4.05. The zero-order chi connectivity index (χ0) is 20.8. The minimum atomic E-state index is -0.409. The van der Waals surface area contributed by atoms with Gasteiger partial charge in [0, 0.05) is 51.5 Å². The van der Waals surface area contributed by atoms with Crippen molar-refractivity contribution in [1.82, 2.24) is 19.1 Å². The number of hydrogen-bond acceptors (Lipinski definition) is 6. The lowest BCUT2D eigenvalue weighted by atomic mass is 10.2. The summed E-state index contributed by atoms with van der Waals surface area (Å²) in [5.41, 5.74) is 1.03. The third-order valence-electron chi connectivity index (χ3n) is 6.08. The monoisotopic (exact) mass is 408 g/mol. The summed E-state index contributed by atoms with van der Waals surface area (Å²) in [4.78, 5) is 48.0. The molecule has 1 saturated carbocycles. The molecule has 2 fully saturated rings. The number of aromatic amines is 1. The van der Waals surface area contributed by atoms with Gasteiger partial charge in [0.2, 0.25) is 0 Å². The summed E-state index contributed by atoms with van der Waals surface area (Å²) in [5.74, 6) is 1.18. The molecule has 3 heterocycles. The highest BCUT2D eigenvalue weighted by Gasteiger charge is 2.23. The van der Waals surface area contributed by atoms with E-state index < -0.39 is 5.69 Å². The number of benzene rings is 1. The van der Waals surface area contributed by atoms with Crippen molar-refractivity contribution in [2.75, 3.05) is 36.0 Å². The molecule has 156 valence electrons. The van der Waals surface area contributed by atoms with Crippen molar-refractivity contribution >= 4 is 22.4 Å². The highest BCUT2D eigenvalue weighted by molar-refractivity contribution is 5.81. The van der Waals surface area contributed by atoms with E-state index in [-0.39, 0.29) is 11.1 Å². The van der Waals surface area contributed by atoms with Gasteiger partial charge in [-0.2, -0.15) is 0 Å². The van der Waals surface area contributed by atoms with Gasteiger partial charge in [-0.15, -0.1) is 0 Å². The molecule has 0 radical (unpaired) electrons. The van der Waals surface area contributed by atoms with Crippen molar-refractivity contribution in [1.29, 1.82) is 0 Å². The van der Waals surface area contributed by atoms with Gasteiger partial charge in [-0.05, 0) is 37.0 Å². The van der Waals surface area contributed by atoms with Crippen molar-refractivity contribution < 1.29 is 0 Å². The molecule has 0 amide bonds. The molecule has 0 atom stereocenters. The second kappa shape index (κ2) is 7.16. The van der Waals surface area contributed by atoms with Crippen molar-refractivity contribution in [3.8, 4) is 0 Å². The maximum absolute atomic E-state index is 12.7. The number of fused-ring (bicyclic) bond motifs is 1. The average Bonchev–Trinajstić information content (AvgIpc) is 3.58. The van der Waals surface area contributed by atoms with Gasteiger partial charge in [0.1, 0.15) is 5.82 Å². The van der Waals surface area contributed by atoms with E-state index in [1.165, 1.54) is 26.0 Å². The van der Waals surface area contributed by atoms with Crippen LogP contribution < -0.4 is 26.6 Å². The number of nitrogens with zero attached hydrogens (tertiary/aromatic N) is 5. The second-order valence-electron chi connectivity index (χ2n) is 8.18. The molecular formula is C21H24N6O3. The smallest absolute Gasteiger partial charge is 0.329 e. The summed E-state index contributed by atoms with van der Waals surface area (Å²) in [6.45, 7) is 3.59. The molecule has 3 aromatic rings. The van der Waals surface area contributed by atoms with Gasteiger partial charge in [0.25, 0.3) is 11.1 Å². The first-order chi connectivity index (χ1) is 14.5. The van der Waals surface area contributed by atoms with Crippen molar-refractivity contribution in [2.24, 2.45) is 13.0 Å². The van der Waals surface area contributed by atoms with E-state index in [9.17, 15) is 14.4 Å². The summed E-state index contributed by atoms with van der Waals surface area (Å²) in [6, 6.07) is 7.27. The summed E-state index contributed by atoms with van der Waals surface area (Å²) < 4.78 is 2.78. The van der Waals surface area contributed by atoms with Crippen LogP contribution >= 0.6 is 0 Å². The molecule has 0 bridgehead atoms. The Balaban J connectivity index is 1.34. The van der Waals surface area contributed by atoms with E-state index in [2.05, 4.69) is 14.9 Å². The zero-order valence-electron chi connectivity index (χ0n) is 16.9. The van der Waals surface area contributed by atoms with Crippen molar-refractivity contribution in [3.63, 3.8) is 0 Å². The first kappa shape index (κ1) is 18.7. The standard InChI is InChI=1S/C21H24N6O3/c1-24-19(28)11-18(23-21(24)30)26-8-6-25(7-9-26)15-4-5-16-17(10-15)22-13-27(20(16)29)12-14-2-3-14/h4-5,10-11,13-14H,2-3,6-9,12H2,1H3,(H,23,30). The molecule has 2 aliphatic rings. The minimum absolute atomic E-state index is 0.0258. The number of aromatic nitrogens is 4. The van der Waals surface area contributed by atoms with Crippen molar-refractivity contribution in [3.05, 3.63) is 61.8 Å². The largest absolute Gasteiger partial charge is 0.368 e. The lowest BCUT2D eigenvalue weighted by molar-refractivity contribution is 0.602. The fraction of sp³-hybridized carbons (Fsp3) is 0.429. The SMILES string of the molecule is Cn1c(=O)cc(N2CCN(c3ccc4c(=O)n(CC5CC5)cnc4c3)CC2)[nH]c1=O. The molecule has 2 aromatic heterocycles. The van der Waals surface area contributed by atoms with Crippen LogP contribution in [-0.2, 0) is 13.6 Å². The number of nitrogens with one attached hydrogen (secondary N) is 1. The molecule has 1 aliphatic heterocycles. The second-order valence-corrected chi connectivity index (χ2v) is 8.18. The predicted molar refractivity (Wildman–Crippen MR) is 115 cm³/mol. The Kier molecular flexibility index (Phi) is 4.45. The maximum atomic E-state index is 12.7. The van der Waals surface area contributed by atoms with Crippen LogP contribution in [0.2, 0.25) is 0 Å². The van der Waals surface area contributed by atoms with Gasteiger partial charge in [-0.1, -0.05) is 0 Å². The summed E-state index contributed by atoms with van der Waals surface area (Å²) in [7, 11) is 1.46. The van der Waals surface area contributed by atoms with E-state index in [4.69, 9.17) is 0 Å². The average molecular weight is 408 g/mol. The molecular weight excluding hydrogens is 384 g/mol. The molecule has 0 spiro atoms.